The molecular weight excluding hydrogens is 282 g/mol. The van der Waals surface area contributed by atoms with Crippen molar-refractivity contribution in [1.82, 2.24) is 14.8 Å². The standard InChI is InChI=1S/C16H21N3O3/c1-11-15(20)7-6-13(18-11)12-9-17-19(2)14(12)10-22-16-5-3-4-8-21-16/h6-7,9,16,20H,3-5,8,10H2,1-2H3. The average molecular weight is 303 g/mol. The molecule has 1 aliphatic rings. The second-order valence-corrected chi connectivity index (χ2v) is 5.54. The summed E-state index contributed by atoms with van der Waals surface area (Å²) in [6.07, 6.45) is 4.82. The topological polar surface area (TPSA) is 69.4 Å². The second kappa shape index (κ2) is 6.46. The van der Waals surface area contributed by atoms with Crippen LogP contribution in [0, 0.1) is 6.92 Å². The Bertz CT molecular complexity index is 648. The number of rotatable bonds is 4. The molecule has 1 aliphatic heterocycles. The van der Waals surface area contributed by atoms with Gasteiger partial charge in [0.25, 0.3) is 0 Å². The zero-order chi connectivity index (χ0) is 15.5. The Hall–Kier alpha value is -1.92. The van der Waals surface area contributed by atoms with Gasteiger partial charge in [-0.25, -0.2) is 4.98 Å². The van der Waals surface area contributed by atoms with Gasteiger partial charge in [0.1, 0.15) is 5.75 Å². The lowest BCUT2D eigenvalue weighted by Gasteiger charge is -2.22. The summed E-state index contributed by atoms with van der Waals surface area (Å²) in [6, 6.07) is 3.44. The van der Waals surface area contributed by atoms with E-state index in [1.165, 1.54) is 0 Å². The van der Waals surface area contributed by atoms with Gasteiger partial charge in [-0.05, 0) is 38.3 Å². The Morgan fingerprint density at radius 3 is 3.00 bits per heavy atom. The molecule has 0 spiro atoms. The van der Waals surface area contributed by atoms with Crippen molar-refractivity contribution in [2.24, 2.45) is 7.05 Å². The highest BCUT2D eigenvalue weighted by atomic mass is 16.7. The van der Waals surface area contributed by atoms with Gasteiger partial charge in [0.2, 0.25) is 0 Å². The first-order valence-corrected chi connectivity index (χ1v) is 7.56. The molecule has 1 unspecified atom stereocenters. The lowest BCUT2D eigenvalue weighted by molar-refractivity contribution is -0.169. The van der Waals surface area contributed by atoms with Crippen LogP contribution >= 0.6 is 0 Å². The van der Waals surface area contributed by atoms with E-state index in [1.54, 1.807) is 29.9 Å². The first kappa shape index (κ1) is 15.0. The van der Waals surface area contributed by atoms with Crippen molar-refractivity contribution in [1.29, 1.82) is 0 Å². The van der Waals surface area contributed by atoms with Crippen LogP contribution in [0.15, 0.2) is 18.3 Å². The van der Waals surface area contributed by atoms with Gasteiger partial charge in [-0.15, -0.1) is 0 Å². The minimum Gasteiger partial charge on any atom is -0.506 e. The molecule has 1 fully saturated rings. The zero-order valence-corrected chi connectivity index (χ0v) is 13.0. The summed E-state index contributed by atoms with van der Waals surface area (Å²) in [5, 5.41) is 13.9. The van der Waals surface area contributed by atoms with Gasteiger partial charge in [-0.2, -0.15) is 5.10 Å². The Labute approximate surface area is 129 Å². The van der Waals surface area contributed by atoms with E-state index in [1.807, 2.05) is 7.05 Å². The van der Waals surface area contributed by atoms with E-state index in [0.29, 0.717) is 12.3 Å². The molecule has 118 valence electrons. The predicted molar refractivity (Wildman–Crippen MR) is 81.2 cm³/mol. The highest BCUT2D eigenvalue weighted by Gasteiger charge is 2.18. The molecular formula is C16H21N3O3. The molecule has 0 aliphatic carbocycles. The van der Waals surface area contributed by atoms with Crippen LogP contribution in [0.2, 0.25) is 0 Å². The Balaban J connectivity index is 1.79. The van der Waals surface area contributed by atoms with Crippen LogP contribution in [0.25, 0.3) is 11.3 Å². The monoisotopic (exact) mass is 303 g/mol. The van der Waals surface area contributed by atoms with Crippen molar-refractivity contribution in [3.05, 3.63) is 29.7 Å². The fourth-order valence-electron chi connectivity index (χ4n) is 2.57. The maximum atomic E-state index is 9.61. The third kappa shape index (κ3) is 3.13. The van der Waals surface area contributed by atoms with Gasteiger partial charge < -0.3 is 14.6 Å². The summed E-state index contributed by atoms with van der Waals surface area (Å²) in [7, 11) is 1.89. The van der Waals surface area contributed by atoms with Crippen molar-refractivity contribution in [3.8, 4) is 17.0 Å². The van der Waals surface area contributed by atoms with Gasteiger partial charge in [0.15, 0.2) is 6.29 Å². The van der Waals surface area contributed by atoms with E-state index in [9.17, 15) is 5.11 Å². The Morgan fingerprint density at radius 1 is 1.41 bits per heavy atom. The highest BCUT2D eigenvalue weighted by molar-refractivity contribution is 5.62. The van der Waals surface area contributed by atoms with Crippen molar-refractivity contribution in [2.45, 2.75) is 39.1 Å². The summed E-state index contributed by atoms with van der Waals surface area (Å²) in [4.78, 5) is 4.42. The number of aryl methyl sites for hydroxylation is 2. The molecule has 0 aromatic carbocycles. The lowest BCUT2D eigenvalue weighted by atomic mass is 10.1. The summed E-state index contributed by atoms with van der Waals surface area (Å²) >= 11 is 0. The van der Waals surface area contributed by atoms with Crippen LogP contribution in [-0.4, -0.2) is 32.8 Å². The summed E-state index contributed by atoms with van der Waals surface area (Å²) in [5.41, 5.74) is 3.25. The van der Waals surface area contributed by atoms with Gasteiger partial charge in [-0.3, -0.25) is 4.68 Å². The van der Waals surface area contributed by atoms with Crippen LogP contribution in [-0.2, 0) is 23.1 Å². The Morgan fingerprint density at radius 2 is 2.27 bits per heavy atom. The zero-order valence-electron chi connectivity index (χ0n) is 13.0. The van der Waals surface area contributed by atoms with Crippen molar-refractivity contribution in [3.63, 3.8) is 0 Å². The predicted octanol–water partition coefficient (Wildman–Crippen LogP) is 2.54. The van der Waals surface area contributed by atoms with E-state index < -0.39 is 0 Å². The Kier molecular flexibility index (Phi) is 4.40. The number of hydrogen-bond donors (Lipinski definition) is 1. The maximum absolute atomic E-state index is 9.61. The molecule has 0 amide bonds. The van der Waals surface area contributed by atoms with E-state index in [2.05, 4.69) is 10.1 Å². The number of ether oxygens (including phenoxy) is 2. The maximum Gasteiger partial charge on any atom is 0.158 e. The summed E-state index contributed by atoms with van der Waals surface area (Å²) in [5.74, 6) is 0.195. The molecule has 22 heavy (non-hydrogen) atoms. The van der Waals surface area contributed by atoms with Crippen LogP contribution in [0.4, 0.5) is 0 Å². The third-order valence-corrected chi connectivity index (χ3v) is 3.94. The largest absolute Gasteiger partial charge is 0.506 e. The van der Waals surface area contributed by atoms with Crippen molar-refractivity contribution >= 4 is 0 Å². The third-order valence-electron chi connectivity index (χ3n) is 3.94. The fraction of sp³-hybridized carbons (Fsp3) is 0.500. The van der Waals surface area contributed by atoms with Crippen LogP contribution in [0.1, 0.15) is 30.7 Å². The molecule has 0 saturated carbocycles. The van der Waals surface area contributed by atoms with E-state index >= 15 is 0 Å². The molecule has 6 heteroatoms. The number of aromatic nitrogens is 3. The molecule has 3 rings (SSSR count). The van der Waals surface area contributed by atoms with Gasteiger partial charge in [0, 0.05) is 19.2 Å². The van der Waals surface area contributed by atoms with Crippen molar-refractivity contribution < 1.29 is 14.6 Å². The minimum absolute atomic E-state index is 0.133. The average Bonchev–Trinajstić information content (AvgIpc) is 2.90. The highest BCUT2D eigenvalue weighted by Crippen LogP contribution is 2.26. The molecule has 0 radical (unpaired) electrons. The van der Waals surface area contributed by atoms with E-state index in [4.69, 9.17) is 9.47 Å². The van der Waals surface area contributed by atoms with Gasteiger partial charge >= 0.3 is 0 Å². The van der Waals surface area contributed by atoms with Crippen LogP contribution in [0.3, 0.4) is 0 Å². The quantitative estimate of drug-likeness (QED) is 0.940. The molecule has 2 aromatic heterocycles. The van der Waals surface area contributed by atoms with E-state index in [-0.39, 0.29) is 12.0 Å². The normalized spacial score (nSPS) is 18.5. The number of pyridine rings is 1. The van der Waals surface area contributed by atoms with Crippen LogP contribution < -0.4 is 0 Å². The first-order chi connectivity index (χ1) is 10.6. The van der Waals surface area contributed by atoms with E-state index in [0.717, 1.165) is 42.8 Å². The molecule has 1 N–H and O–H groups in total. The van der Waals surface area contributed by atoms with Gasteiger partial charge in [-0.1, -0.05) is 0 Å². The smallest absolute Gasteiger partial charge is 0.158 e. The second-order valence-electron chi connectivity index (χ2n) is 5.54. The minimum atomic E-state index is -0.133. The molecule has 0 bridgehead atoms. The molecule has 2 aromatic rings. The summed E-state index contributed by atoms with van der Waals surface area (Å²) in [6.45, 7) is 2.97. The number of aromatic hydroxyl groups is 1. The summed E-state index contributed by atoms with van der Waals surface area (Å²) < 4.78 is 13.3. The first-order valence-electron chi connectivity index (χ1n) is 7.56. The molecule has 6 nitrogen and oxygen atoms in total. The SMILES string of the molecule is Cc1nc(-c2cnn(C)c2COC2CCCCO2)ccc1O. The molecule has 3 heterocycles. The van der Waals surface area contributed by atoms with Crippen LogP contribution in [0.5, 0.6) is 5.75 Å². The number of nitrogens with zero attached hydrogens (tertiary/aromatic N) is 3. The lowest BCUT2D eigenvalue weighted by Crippen LogP contribution is -2.22. The molecule has 1 atom stereocenters. The number of hydrogen-bond acceptors (Lipinski definition) is 5. The fourth-order valence-corrected chi connectivity index (χ4v) is 2.57. The molecule has 1 saturated heterocycles. The van der Waals surface area contributed by atoms with Crippen molar-refractivity contribution in [2.75, 3.05) is 6.61 Å². The van der Waals surface area contributed by atoms with Gasteiger partial charge in [0.05, 0.1) is 29.9 Å².